The van der Waals surface area contributed by atoms with Gasteiger partial charge in [0.05, 0.1) is 6.20 Å². The standard InChI is InChI=1S/C9H10N2O2/c12-7-2-3-8(10-6-7)9(13)11-4-1-5-11/h2-3,6,12H,1,4-5H2. The van der Waals surface area contributed by atoms with Gasteiger partial charge in [-0.05, 0) is 18.6 Å². The first-order valence-electron chi connectivity index (χ1n) is 4.21. The molecule has 1 aromatic rings. The number of aromatic nitrogens is 1. The Hall–Kier alpha value is -1.58. The van der Waals surface area contributed by atoms with Crippen molar-refractivity contribution in [2.75, 3.05) is 13.1 Å². The van der Waals surface area contributed by atoms with E-state index in [1.165, 1.54) is 18.3 Å². The van der Waals surface area contributed by atoms with Gasteiger partial charge in [0.15, 0.2) is 0 Å². The molecule has 0 radical (unpaired) electrons. The van der Waals surface area contributed by atoms with Gasteiger partial charge in [-0.3, -0.25) is 4.79 Å². The van der Waals surface area contributed by atoms with Crippen LogP contribution in [0.4, 0.5) is 0 Å². The highest BCUT2D eigenvalue weighted by Crippen LogP contribution is 2.12. The van der Waals surface area contributed by atoms with Gasteiger partial charge in [-0.15, -0.1) is 0 Å². The largest absolute Gasteiger partial charge is 0.506 e. The third kappa shape index (κ3) is 1.47. The Morgan fingerprint density at radius 2 is 2.23 bits per heavy atom. The van der Waals surface area contributed by atoms with Crippen molar-refractivity contribution in [3.05, 3.63) is 24.0 Å². The zero-order chi connectivity index (χ0) is 9.26. The molecule has 2 rings (SSSR count). The Morgan fingerprint density at radius 1 is 1.46 bits per heavy atom. The Morgan fingerprint density at radius 3 is 2.69 bits per heavy atom. The maximum absolute atomic E-state index is 11.5. The molecule has 0 aromatic carbocycles. The number of carbonyl (C=O) groups is 1. The minimum atomic E-state index is -0.0498. The summed E-state index contributed by atoms with van der Waals surface area (Å²) in [5.41, 5.74) is 0.400. The van der Waals surface area contributed by atoms with Gasteiger partial charge in [-0.1, -0.05) is 0 Å². The molecule has 13 heavy (non-hydrogen) atoms. The molecule has 0 bridgehead atoms. The fraction of sp³-hybridized carbons (Fsp3) is 0.333. The maximum atomic E-state index is 11.5. The number of amides is 1. The first-order valence-corrected chi connectivity index (χ1v) is 4.21. The highest BCUT2D eigenvalue weighted by molar-refractivity contribution is 5.92. The molecule has 0 unspecified atom stereocenters. The molecule has 0 atom stereocenters. The number of aromatic hydroxyl groups is 1. The van der Waals surface area contributed by atoms with Gasteiger partial charge >= 0.3 is 0 Å². The van der Waals surface area contributed by atoms with Crippen molar-refractivity contribution in [3.63, 3.8) is 0 Å². The van der Waals surface area contributed by atoms with E-state index in [1.54, 1.807) is 4.90 Å². The first-order chi connectivity index (χ1) is 6.27. The molecule has 4 heteroatoms. The second-order valence-corrected chi connectivity index (χ2v) is 3.05. The Bertz CT molecular complexity index is 317. The number of hydrogen-bond acceptors (Lipinski definition) is 3. The lowest BCUT2D eigenvalue weighted by Crippen LogP contribution is -2.42. The summed E-state index contributed by atoms with van der Waals surface area (Å²) < 4.78 is 0. The minimum absolute atomic E-state index is 0.0498. The second-order valence-electron chi connectivity index (χ2n) is 3.05. The average Bonchev–Trinajstić information content (AvgIpc) is 2.02. The molecule has 1 aliphatic rings. The van der Waals surface area contributed by atoms with Gasteiger partial charge in [0.2, 0.25) is 0 Å². The lowest BCUT2D eigenvalue weighted by atomic mass is 10.2. The summed E-state index contributed by atoms with van der Waals surface area (Å²) in [4.78, 5) is 17.1. The molecule has 0 saturated carbocycles. The van der Waals surface area contributed by atoms with Crippen molar-refractivity contribution < 1.29 is 9.90 Å². The average molecular weight is 178 g/mol. The fourth-order valence-electron chi connectivity index (χ4n) is 1.19. The second kappa shape index (κ2) is 3.05. The Labute approximate surface area is 75.8 Å². The quantitative estimate of drug-likeness (QED) is 0.686. The normalized spacial score (nSPS) is 15.2. The number of carbonyl (C=O) groups excluding carboxylic acids is 1. The van der Waals surface area contributed by atoms with E-state index in [0.29, 0.717) is 5.69 Å². The number of pyridine rings is 1. The third-order valence-corrected chi connectivity index (χ3v) is 2.11. The monoisotopic (exact) mass is 178 g/mol. The van der Waals surface area contributed by atoms with Crippen LogP contribution in [0.1, 0.15) is 16.9 Å². The highest BCUT2D eigenvalue weighted by Gasteiger charge is 2.22. The van der Waals surface area contributed by atoms with Gasteiger partial charge in [-0.2, -0.15) is 0 Å². The van der Waals surface area contributed by atoms with Crippen LogP contribution in [0.5, 0.6) is 5.75 Å². The van der Waals surface area contributed by atoms with Gasteiger partial charge < -0.3 is 10.0 Å². The summed E-state index contributed by atoms with van der Waals surface area (Å²) in [6, 6.07) is 3.01. The lowest BCUT2D eigenvalue weighted by Gasteiger charge is -2.30. The zero-order valence-electron chi connectivity index (χ0n) is 7.10. The van der Waals surface area contributed by atoms with Crippen LogP contribution >= 0.6 is 0 Å². The molecular formula is C9H10N2O2. The van der Waals surface area contributed by atoms with Crippen LogP contribution < -0.4 is 0 Å². The van der Waals surface area contributed by atoms with Crippen LogP contribution in [-0.2, 0) is 0 Å². The summed E-state index contributed by atoms with van der Waals surface area (Å²) in [6.45, 7) is 1.64. The van der Waals surface area contributed by atoms with E-state index in [9.17, 15) is 4.79 Å². The van der Waals surface area contributed by atoms with Gasteiger partial charge in [0.1, 0.15) is 11.4 Å². The molecule has 1 saturated heterocycles. The van der Waals surface area contributed by atoms with E-state index in [0.717, 1.165) is 19.5 Å². The topological polar surface area (TPSA) is 53.4 Å². The van der Waals surface area contributed by atoms with Gasteiger partial charge in [-0.25, -0.2) is 4.98 Å². The molecule has 1 fully saturated rings. The maximum Gasteiger partial charge on any atom is 0.272 e. The molecule has 68 valence electrons. The minimum Gasteiger partial charge on any atom is -0.506 e. The number of hydrogen-bond donors (Lipinski definition) is 1. The molecule has 1 aliphatic heterocycles. The number of rotatable bonds is 1. The van der Waals surface area contributed by atoms with Crippen LogP contribution in [0, 0.1) is 0 Å². The van der Waals surface area contributed by atoms with Crippen LogP contribution in [-0.4, -0.2) is 34.0 Å². The van der Waals surface area contributed by atoms with E-state index >= 15 is 0 Å². The van der Waals surface area contributed by atoms with E-state index in [4.69, 9.17) is 5.11 Å². The van der Waals surface area contributed by atoms with Crippen molar-refractivity contribution in [2.45, 2.75) is 6.42 Å². The van der Waals surface area contributed by atoms with Crippen LogP contribution in [0.2, 0.25) is 0 Å². The molecule has 4 nitrogen and oxygen atoms in total. The van der Waals surface area contributed by atoms with Crippen LogP contribution in [0.25, 0.3) is 0 Å². The van der Waals surface area contributed by atoms with Crippen molar-refractivity contribution >= 4 is 5.91 Å². The summed E-state index contributed by atoms with van der Waals surface area (Å²) in [6.07, 6.45) is 2.36. The van der Waals surface area contributed by atoms with Crippen LogP contribution in [0.3, 0.4) is 0 Å². The number of likely N-dealkylation sites (tertiary alicyclic amines) is 1. The molecule has 0 spiro atoms. The van der Waals surface area contributed by atoms with Crippen molar-refractivity contribution in [1.29, 1.82) is 0 Å². The van der Waals surface area contributed by atoms with E-state index in [1.807, 2.05) is 0 Å². The van der Waals surface area contributed by atoms with E-state index in [2.05, 4.69) is 4.98 Å². The SMILES string of the molecule is O=C(c1ccc(O)cn1)N1CCC1. The molecular weight excluding hydrogens is 168 g/mol. The van der Waals surface area contributed by atoms with E-state index in [-0.39, 0.29) is 11.7 Å². The fourth-order valence-corrected chi connectivity index (χ4v) is 1.19. The predicted molar refractivity (Wildman–Crippen MR) is 46.4 cm³/mol. The number of nitrogens with zero attached hydrogens (tertiary/aromatic N) is 2. The highest BCUT2D eigenvalue weighted by atomic mass is 16.3. The summed E-state index contributed by atoms with van der Waals surface area (Å²) >= 11 is 0. The Kier molecular flexibility index (Phi) is 1.88. The van der Waals surface area contributed by atoms with Crippen LogP contribution in [0.15, 0.2) is 18.3 Å². The smallest absolute Gasteiger partial charge is 0.272 e. The summed E-state index contributed by atoms with van der Waals surface area (Å²) in [7, 11) is 0. The Balaban J connectivity index is 2.15. The summed E-state index contributed by atoms with van der Waals surface area (Å²) in [5.74, 6) is 0.0337. The molecule has 2 heterocycles. The first kappa shape index (κ1) is 8.04. The van der Waals surface area contributed by atoms with Crippen molar-refractivity contribution in [2.24, 2.45) is 0 Å². The third-order valence-electron chi connectivity index (χ3n) is 2.11. The molecule has 1 aromatic heterocycles. The predicted octanol–water partition coefficient (Wildman–Crippen LogP) is 0.633. The molecule has 0 aliphatic carbocycles. The molecule has 1 amide bonds. The van der Waals surface area contributed by atoms with Gasteiger partial charge in [0.25, 0.3) is 5.91 Å². The van der Waals surface area contributed by atoms with Crippen molar-refractivity contribution in [3.8, 4) is 5.75 Å². The van der Waals surface area contributed by atoms with Gasteiger partial charge in [0, 0.05) is 13.1 Å². The molecule has 1 N–H and O–H groups in total. The summed E-state index contributed by atoms with van der Waals surface area (Å²) in [5, 5.41) is 8.96. The zero-order valence-corrected chi connectivity index (χ0v) is 7.10. The van der Waals surface area contributed by atoms with E-state index < -0.39 is 0 Å². The van der Waals surface area contributed by atoms with Crippen molar-refractivity contribution in [1.82, 2.24) is 9.88 Å². The lowest BCUT2D eigenvalue weighted by molar-refractivity contribution is 0.0645.